The molecule has 68 valence electrons. The van der Waals surface area contributed by atoms with E-state index in [1.165, 1.54) is 0 Å². The summed E-state index contributed by atoms with van der Waals surface area (Å²) in [6, 6.07) is 0. The molecule has 1 aromatic heterocycles. The highest BCUT2D eigenvalue weighted by Gasteiger charge is 2.18. The third kappa shape index (κ3) is 1.86. The number of sulfonamides is 1. The van der Waals surface area contributed by atoms with Gasteiger partial charge in [0.1, 0.15) is 18.7 Å². The van der Waals surface area contributed by atoms with E-state index in [-0.39, 0.29) is 13.7 Å². The van der Waals surface area contributed by atoms with Gasteiger partial charge in [0.15, 0.2) is 0 Å². The minimum atomic E-state index is -4.13. The molecular weight excluding hydrogens is 265 g/mol. The molecule has 1 rings (SSSR count). The number of halogens is 3. The second-order valence-corrected chi connectivity index (χ2v) is 5.81. The molecule has 8 heteroatoms. The molecule has 0 saturated carbocycles. The lowest BCUT2D eigenvalue weighted by atomic mass is 10.6. The van der Waals surface area contributed by atoms with Crippen molar-refractivity contribution in [3.8, 4) is 0 Å². The summed E-state index contributed by atoms with van der Waals surface area (Å²) < 4.78 is 21.5. The first-order chi connectivity index (χ1) is 5.34. The average molecular weight is 266 g/mol. The van der Waals surface area contributed by atoms with Crippen LogP contribution in [-0.4, -0.2) is 8.42 Å². The Balaban J connectivity index is 3.54. The Morgan fingerprint density at radius 1 is 1.17 bits per heavy atom. The van der Waals surface area contributed by atoms with E-state index in [9.17, 15) is 8.42 Å². The van der Waals surface area contributed by atoms with Crippen LogP contribution in [0.15, 0.2) is 4.90 Å². The molecular formula is C4HCl3NO2S2-. The molecule has 0 aliphatic carbocycles. The summed E-state index contributed by atoms with van der Waals surface area (Å²) in [6.07, 6.45) is 0. The van der Waals surface area contributed by atoms with E-state index in [1.54, 1.807) is 0 Å². The molecule has 0 spiro atoms. The van der Waals surface area contributed by atoms with Gasteiger partial charge in [0.05, 0.1) is 9.92 Å². The second kappa shape index (κ2) is 3.32. The lowest BCUT2D eigenvalue weighted by Crippen LogP contribution is -1.91. The molecule has 0 saturated heterocycles. The average Bonchev–Trinajstić information content (AvgIpc) is 2.05. The summed E-state index contributed by atoms with van der Waals surface area (Å²) in [5, 5.41) is 6.54. The zero-order valence-electron chi connectivity index (χ0n) is 5.27. The van der Waals surface area contributed by atoms with Gasteiger partial charge in [-0.05, 0) is 0 Å². The van der Waals surface area contributed by atoms with Gasteiger partial charge in [0.2, 0.25) is 0 Å². The molecule has 0 unspecified atom stereocenters. The molecule has 0 atom stereocenters. The Bertz CT molecular complexity index is 410. The smallest absolute Gasteiger partial charge is 0.114 e. The Kier molecular flexibility index (Phi) is 2.92. The highest BCUT2D eigenvalue weighted by atomic mass is 35.5. The fraction of sp³-hybridized carbons (Fsp3) is 0. The van der Waals surface area contributed by atoms with Crippen LogP contribution in [0.25, 0.3) is 5.14 Å². The molecule has 0 bridgehead atoms. The first kappa shape index (κ1) is 10.6. The van der Waals surface area contributed by atoms with Gasteiger partial charge < -0.3 is 5.14 Å². The Labute approximate surface area is 88.1 Å². The fourth-order valence-electron chi connectivity index (χ4n) is 0.569. The molecule has 3 nitrogen and oxygen atoms in total. The first-order valence-corrected chi connectivity index (χ1v) is 5.90. The van der Waals surface area contributed by atoms with Gasteiger partial charge >= 0.3 is 0 Å². The lowest BCUT2D eigenvalue weighted by molar-refractivity contribution is 0.605. The van der Waals surface area contributed by atoms with Crippen molar-refractivity contribution in [2.75, 3.05) is 0 Å². The van der Waals surface area contributed by atoms with Crippen LogP contribution in [0.2, 0.25) is 13.7 Å². The van der Waals surface area contributed by atoms with Crippen LogP contribution in [0.1, 0.15) is 0 Å². The minimum Gasteiger partial charge on any atom is -0.560 e. The van der Waals surface area contributed by atoms with Gasteiger partial charge in [-0.25, -0.2) is 8.42 Å². The molecule has 1 aromatic rings. The van der Waals surface area contributed by atoms with Gasteiger partial charge in [-0.2, -0.15) is 0 Å². The molecule has 1 N–H and O–H groups in total. The maximum absolute atomic E-state index is 10.7. The van der Waals surface area contributed by atoms with E-state index >= 15 is 0 Å². The molecule has 0 fully saturated rings. The van der Waals surface area contributed by atoms with Crippen LogP contribution in [0.4, 0.5) is 0 Å². The van der Waals surface area contributed by atoms with E-state index in [1.807, 2.05) is 0 Å². The Hall–Kier alpha value is 0.480. The Morgan fingerprint density at radius 3 is 1.83 bits per heavy atom. The molecule has 1 heterocycles. The van der Waals surface area contributed by atoms with E-state index in [2.05, 4.69) is 0 Å². The fourth-order valence-corrected chi connectivity index (χ4v) is 3.93. The van der Waals surface area contributed by atoms with Crippen molar-refractivity contribution in [3.63, 3.8) is 0 Å². The molecule has 0 aliphatic heterocycles. The van der Waals surface area contributed by atoms with Crippen LogP contribution in [0.3, 0.4) is 0 Å². The monoisotopic (exact) mass is 264 g/mol. The molecule has 0 aromatic carbocycles. The van der Waals surface area contributed by atoms with Crippen LogP contribution in [0.5, 0.6) is 0 Å². The summed E-state index contributed by atoms with van der Waals surface area (Å²) >= 11 is 17.3. The third-order valence-corrected chi connectivity index (χ3v) is 4.49. The predicted molar refractivity (Wildman–Crippen MR) is 50.9 cm³/mol. The van der Waals surface area contributed by atoms with Crippen LogP contribution < -0.4 is 0 Å². The topological polar surface area (TPSA) is 57.9 Å². The van der Waals surface area contributed by atoms with Crippen molar-refractivity contribution in [2.24, 2.45) is 0 Å². The van der Waals surface area contributed by atoms with E-state index in [0.717, 1.165) is 11.3 Å². The van der Waals surface area contributed by atoms with Crippen LogP contribution in [-0.2, 0) is 10.0 Å². The summed E-state index contributed by atoms with van der Waals surface area (Å²) in [7, 11) is -4.13. The summed E-state index contributed by atoms with van der Waals surface area (Å²) in [6.45, 7) is 0. The molecule has 0 amide bonds. The third-order valence-electron chi connectivity index (χ3n) is 0.998. The number of hydrogen-bond acceptors (Lipinski definition) is 3. The van der Waals surface area contributed by atoms with Crippen molar-refractivity contribution in [2.45, 2.75) is 4.90 Å². The number of thiophene rings is 1. The van der Waals surface area contributed by atoms with Gasteiger partial charge in [0, 0.05) is 0 Å². The maximum atomic E-state index is 10.7. The van der Waals surface area contributed by atoms with Crippen molar-refractivity contribution in [1.82, 2.24) is 0 Å². The molecule has 0 radical (unpaired) electrons. The first-order valence-electron chi connectivity index (χ1n) is 2.47. The summed E-state index contributed by atoms with van der Waals surface area (Å²) in [5.41, 5.74) is 0. The second-order valence-electron chi connectivity index (χ2n) is 1.80. The van der Waals surface area contributed by atoms with Crippen LogP contribution in [0, 0.1) is 0 Å². The highest BCUT2D eigenvalue weighted by molar-refractivity contribution is 7.93. The largest absolute Gasteiger partial charge is 0.560 e. The standard InChI is InChI=1S/C4HCl3NO2S2/c5-1-2(12(8,9)10)4(7)11-3(1)6/h(H-,8,9,10)/q-1. The van der Waals surface area contributed by atoms with Crippen molar-refractivity contribution in [1.29, 1.82) is 0 Å². The number of hydrogen-bond donors (Lipinski definition) is 0. The summed E-state index contributed by atoms with van der Waals surface area (Å²) in [4.78, 5) is -0.416. The van der Waals surface area contributed by atoms with Crippen molar-refractivity contribution in [3.05, 3.63) is 18.8 Å². The summed E-state index contributed by atoms with van der Waals surface area (Å²) in [5.74, 6) is 0. The van der Waals surface area contributed by atoms with Crippen LogP contribution >= 0.6 is 46.1 Å². The van der Waals surface area contributed by atoms with E-state index < -0.39 is 14.9 Å². The minimum absolute atomic E-state index is 0.0764. The predicted octanol–water partition coefficient (Wildman–Crippen LogP) is 3.45. The van der Waals surface area contributed by atoms with Crippen molar-refractivity contribution < 1.29 is 8.42 Å². The lowest BCUT2D eigenvalue weighted by Gasteiger charge is -2.02. The maximum Gasteiger partial charge on any atom is 0.114 e. The van der Waals surface area contributed by atoms with Crippen molar-refractivity contribution >= 4 is 56.2 Å². The number of rotatable bonds is 1. The normalized spacial score (nSPS) is 12.0. The molecule has 0 aliphatic rings. The SMILES string of the molecule is [NH-]S(=O)(=O)c1c(Cl)sc(Cl)c1Cl. The van der Waals surface area contributed by atoms with E-state index in [4.69, 9.17) is 39.9 Å². The quantitative estimate of drug-likeness (QED) is 0.781. The highest BCUT2D eigenvalue weighted by Crippen LogP contribution is 2.43. The van der Waals surface area contributed by atoms with Gasteiger partial charge in [-0.15, -0.1) is 11.3 Å². The van der Waals surface area contributed by atoms with Gasteiger partial charge in [-0.1, -0.05) is 34.8 Å². The molecule has 12 heavy (non-hydrogen) atoms. The Morgan fingerprint density at radius 2 is 1.67 bits per heavy atom. The number of nitrogens with one attached hydrogen (secondary N) is 1. The zero-order chi connectivity index (χ0) is 9.52. The van der Waals surface area contributed by atoms with Gasteiger partial charge in [-0.3, -0.25) is 0 Å². The van der Waals surface area contributed by atoms with E-state index in [0.29, 0.717) is 0 Å². The zero-order valence-corrected chi connectivity index (χ0v) is 9.17. The van der Waals surface area contributed by atoms with Gasteiger partial charge in [0.25, 0.3) is 0 Å².